The lowest BCUT2D eigenvalue weighted by molar-refractivity contribution is 0.0981. The van der Waals surface area contributed by atoms with Crippen LogP contribution < -0.4 is 9.64 Å². The summed E-state index contributed by atoms with van der Waals surface area (Å²) in [4.78, 5) is 14.9. The molecule has 0 aromatic heterocycles. The normalized spacial score (nSPS) is 14.0. The summed E-state index contributed by atoms with van der Waals surface area (Å²) in [7, 11) is -2.15. The third-order valence-corrected chi connectivity index (χ3v) is 7.20. The highest BCUT2D eigenvalue weighted by Crippen LogP contribution is 2.33. The van der Waals surface area contributed by atoms with Crippen molar-refractivity contribution in [2.24, 2.45) is 0 Å². The van der Waals surface area contributed by atoms with Crippen LogP contribution in [0.1, 0.15) is 36.2 Å². The van der Waals surface area contributed by atoms with Crippen molar-refractivity contribution < 1.29 is 22.3 Å². The second kappa shape index (κ2) is 8.51. The first-order valence-electron chi connectivity index (χ1n) is 9.62. The zero-order valence-corrected chi connectivity index (χ0v) is 17.6. The van der Waals surface area contributed by atoms with Crippen LogP contribution in [0.4, 0.5) is 10.1 Å². The number of sulfonamides is 1. The Bertz CT molecular complexity index is 1020. The third kappa shape index (κ3) is 4.00. The molecule has 0 spiro atoms. The van der Waals surface area contributed by atoms with E-state index in [1.54, 1.807) is 30.9 Å². The number of anilines is 1. The van der Waals surface area contributed by atoms with E-state index in [1.165, 1.54) is 29.6 Å². The predicted molar refractivity (Wildman–Crippen MR) is 109 cm³/mol. The first-order valence-corrected chi connectivity index (χ1v) is 11.1. The van der Waals surface area contributed by atoms with Crippen LogP contribution in [0.5, 0.6) is 5.75 Å². The summed E-state index contributed by atoms with van der Waals surface area (Å²) in [6.07, 6.45) is 1.35. The molecule has 8 heteroatoms. The lowest BCUT2D eigenvalue weighted by Gasteiger charge is -2.30. The molecule has 1 aliphatic rings. The molecule has 0 fully saturated rings. The number of methoxy groups -OCH3 is 1. The number of carbonyl (C=O) groups is 1. The smallest absolute Gasteiger partial charge is 0.262 e. The van der Waals surface area contributed by atoms with Crippen molar-refractivity contribution in [2.75, 3.05) is 31.6 Å². The van der Waals surface area contributed by atoms with Crippen LogP contribution in [-0.2, 0) is 16.4 Å². The Hall–Kier alpha value is -2.45. The van der Waals surface area contributed by atoms with Gasteiger partial charge in [0.2, 0.25) is 10.0 Å². The monoisotopic (exact) mass is 420 g/mol. The number of hydrogen-bond acceptors (Lipinski definition) is 4. The van der Waals surface area contributed by atoms with E-state index in [0.717, 1.165) is 11.6 Å². The minimum Gasteiger partial charge on any atom is -0.496 e. The van der Waals surface area contributed by atoms with Crippen LogP contribution in [0, 0.1) is 5.82 Å². The second-order valence-electron chi connectivity index (χ2n) is 6.78. The Kier molecular flexibility index (Phi) is 6.24. The average molecular weight is 421 g/mol. The quantitative estimate of drug-likeness (QED) is 0.718. The molecule has 0 aliphatic carbocycles. The number of halogens is 1. The number of rotatable bonds is 6. The van der Waals surface area contributed by atoms with Crippen LogP contribution in [0.2, 0.25) is 0 Å². The maximum atomic E-state index is 13.7. The van der Waals surface area contributed by atoms with Gasteiger partial charge >= 0.3 is 0 Å². The Morgan fingerprint density at radius 2 is 1.90 bits per heavy atom. The highest BCUT2D eigenvalue weighted by Gasteiger charge is 2.28. The number of ether oxygens (including phenoxy) is 1. The van der Waals surface area contributed by atoms with E-state index in [1.807, 2.05) is 0 Å². The molecule has 0 atom stereocenters. The molecule has 1 amide bonds. The molecule has 6 nitrogen and oxygen atoms in total. The maximum Gasteiger partial charge on any atom is 0.262 e. The molecule has 0 unspecified atom stereocenters. The van der Waals surface area contributed by atoms with Gasteiger partial charge in [0.1, 0.15) is 11.6 Å². The van der Waals surface area contributed by atoms with E-state index < -0.39 is 15.8 Å². The summed E-state index contributed by atoms with van der Waals surface area (Å²) < 4.78 is 46.0. The van der Waals surface area contributed by atoms with Crippen molar-refractivity contribution in [2.45, 2.75) is 31.6 Å². The molecule has 2 aromatic carbocycles. The lowest BCUT2D eigenvalue weighted by Crippen LogP contribution is -2.36. The molecule has 29 heavy (non-hydrogen) atoms. The van der Waals surface area contributed by atoms with Crippen molar-refractivity contribution in [1.29, 1.82) is 0 Å². The summed E-state index contributed by atoms with van der Waals surface area (Å²) in [6, 6.07) is 8.66. The first-order chi connectivity index (χ1) is 13.8. The number of aryl methyl sites for hydroxylation is 1. The van der Waals surface area contributed by atoms with E-state index in [9.17, 15) is 17.6 Å². The van der Waals surface area contributed by atoms with Gasteiger partial charge in [-0.3, -0.25) is 4.79 Å². The standard InChI is InChI=1S/C21H25FN2O4S/c1-4-23(5-2)29(26,27)17-9-10-19-15(13-17)7-6-12-24(19)21(25)18-14-16(22)8-11-20(18)28-3/h8-11,13-14H,4-7,12H2,1-3H3. The van der Waals surface area contributed by atoms with Gasteiger partial charge in [0.15, 0.2) is 0 Å². The van der Waals surface area contributed by atoms with Crippen LogP contribution in [-0.4, -0.2) is 45.4 Å². The average Bonchev–Trinajstić information content (AvgIpc) is 2.73. The molecular weight excluding hydrogens is 395 g/mol. The van der Waals surface area contributed by atoms with Gasteiger partial charge in [-0.25, -0.2) is 12.8 Å². The van der Waals surface area contributed by atoms with Crippen molar-refractivity contribution in [3.05, 3.63) is 53.3 Å². The highest BCUT2D eigenvalue weighted by molar-refractivity contribution is 7.89. The third-order valence-electron chi connectivity index (χ3n) is 5.15. The lowest BCUT2D eigenvalue weighted by atomic mass is 10.0. The Balaban J connectivity index is 2.00. The summed E-state index contributed by atoms with van der Waals surface area (Å²) in [5.41, 5.74) is 1.57. The van der Waals surface area contributed by atoms with E-state index in [0.29, 0.717) is 43.9 Å². The van der Waals surface area contributed by atoms with Gasteiger partial charge in [-0.15, -0.1) is 0 Å². The zero-order valence-electron chi connectivity index (χ0n) is 16.8. The fourth-order valence-corrected chi connectivity index (χ4v) is 5.16. The highest BCUT2D eigenvalue weighted by atomic mass is 32.2. The molecular formula is C21H25FN2O4S. The molecule has 2 aromatic rings. The summed E-state index contributed by atoms with van der Waals surface area (Å²) in [5, 5.41) is 0. The SMILES string of the molecule is CCN(CC)S(=O)(=O)c1ccc2c(c1)CCCN2C(=O)c1cc(F)ccc1OC. The van der Waals surface area contributed by atoms with E-state index >= 15 is 0 Å². The Morgan fingerprint density at radius 1 is 1.17 bits per heavy atom. The number of amides is 1. The first kappa shape index (κ1) is 21.3. The van der Waals surface area contributed by atoms with Gasteiger partial charge < -0.3 is 9.64 Å². The molecule has 0 radical (unpaired) electrons. The molecule has 0 saturated carbocycles. The molecule has 0 N–H and O–H groups in total. The summed E-state index contributed by atoms with van der Waals surface area (Å²) >= 11 is 0. The second-order valence-corrected chi connectivity index (χ2v) is 8.72. The van der Waals surface area contributed by atoms with Crippen molar-refractivity contribution in [3.63, 3.8) is 0 Å². The minimum absolute atomic E-state index is 0.139. The largest absolute Gasteiger partial charge is 0.496 e. The number of fused-ring (bicyclic) bond motifs is 1. The van der Waals surface area contributed by atoms with Crippen LogP contribution in [0.25, 0.3) is 0 Å². The topological polar surface area (TPSA) is 66.9 Å². The van der Waals surface area contributed by atoms with Gasteiger partial charge in [0, 0.05) is 25.3 Å². The Labute approximate surface area is 170 Å². The van der Waals surface area contributed by atoms with Crippen LogP contribution in [0.3, 0.4) is 0 Å². The molecule has 1 aliphatic heterocycles. The van der Waals surface area contributed by atoms with Gasteiger partial charge in [-0.05, 0) is 54.8 Å². The molecule has 156 valence electrons. The van der Waals surface area contributed by atoms with Crippen molar-refractivity contribution >= 4 is 21.6 Å². The van der Waals surface area contributed by atoms with Gasteiger partial charge in [-0.2, -0.15) is 4.31 Å². The number of benzene rings is 2. The molecule has 3 rings (SSSR count). The van der Waals surface area contributed by atoms with Crippen molar-refractivity contribution in [3.8, 4) is 5.75 Å². The van der Waals surface area contributed by atoms with Gasteiger partial charge in [0.05, 0.1) is 17.6 Å². The number of carbonyl (C=O) groups excluding carboxylic acids is 1. The van der Waals surface area contributed by atoms with E-state index in [4.69, 9.17) is 4.74 Å². The Morgan fingerprint density at radius 3 is 2.55 bits per heavy atom. The minimum atomic E-state index is -3.58. The number of hydrogen-bond donors (Lipinski definition) is 0. The maximum absolute atomic E-state index is 13.7. The fraction of sp³-hybridized carbons (Fsp3) is 0.381. The number of nitrogens with zero attached hydrogens (tertiary/aromatic N) is 2. The summed E-state index contributed by atoms with van der Waals surface area (Å²) in [5.74, 6) is -0.599. The van der Waals surface area contributed by atoms with E-state index in [-0.39, 0.29) is 16.4 Å². The van der Waals surface area contributed by atoms with Crippen LogP contribution in [0.15, 0.2) is 41.3 Å². The van der Waals surface area contributed by atoms with Gasteiger partial charge in [0.25, 0.3) is 5.91 Å². The zero-order chi connectivity index (χ0) is 21.2. The van der Waals surface area contributed by atoms with Crippen LogP contribution >= 0.6 is 0 Å². The summed E-state index contributed by atoms with van der Waals surface area (Å²) in [6.45, 7) is 4.84. The predicted octanol–water partition coefficient (Wildman–Crippen LogP) is 3.46. The van der Waals surface area contributed by atoms with Crippen molar-refractivity contribution in [1.82, 2.24) is 4.31 Å². The molecule has 0 saturated heterocycles. The van der Waals surface area contributed by atoms with E-state index in [2.05, 4.69) is 0 Å². The van der Waals surface area contributed by atoms with Gasteiger partial charge in [-0.1, -0.05) is 13.8 Å². The fourth-order valence-electron chi connectivity index (χ4n) is 3.65. The molecule has 0 bridgehead atoms. The molecule has 1 heterocycles.